The van der Waals surface area contributed by atoms with Gasteiger partial charge >= 0.3 is 12.0 Å². The number of benzene rings is 1. The van der Waals surface area contributed by atoms with Crippen LogP contribution in [0.2, 0.25) is 0 Å². The third-order valence-electron chi connectivity index (χ3n) is 2.45. The van der Waals surface area contributed by atoms with Gasteiger partial charge in [0, 0.05) is 6.04 Å². The molecule has 104 valence electrons. The minimum absolute atomic E-state index is 0.241. The zero-order valence-corrected chi connectivity index (χ0v) is 10.2. The van der Waals surface area contributed by atoms with E-state index in [1.807, 2.05) is 0 Å². The molecule has 1 rings (SSSR count). The van der Waals surface area contributed by atoms with Crippen molar-refractivity contribution in [3.05, 3.63) is 29.8 Å². The molecule has 0 saturated carbocycles. The van der Waals surface area contributed by atoms with E-state index < -0.39 is 29.7 Å². The monoisotopic (exact) mass is 272 g/mol. The molecule has 0 aromatic heterocycles. The summed E-state index contributed by atoms with van der Waals surface area (Å²) in [5.74, 6) is -3.29. The van der Waals surface area contributed by atoms with Gasteiger partial charge in [-0.05, 0) is 18.6 Å². The van der Waals surface area contributed by atoms with Gasteiger partial charge in [-0.2, -0.15) is 0 Å². The normalized spacial score (nSPS) is 11.7. The molecule has 0 spiro atoms. The first kappa shape index (κ1) is 14.9. The fourth-order valence-electron chi connectivity index (χ4n) is 1.45. The largest absolute Gasteiger partial charge is 0.481 e. The molecule has 1 aromatic rings. The average molecular weight is 272 g/mol. The number of anilines is 1. The van der Waals surface area contributed by atoms with E-state index in [1.54, 1.807) is 6.92 Å². The van der Waals surface area contributed by atoms with Gasteiger partial charge in [-0.1, -0.05) is 13.0 Å². The summed E-state index contributed by atoms with van der Waals surface area (Å²) in [7, 11) is 0. The highest BCUT2D eigenvalue weighted by molar-refractivity contribution is 5.89. The fourth-order valence-corrected chi connectivity index (χ4v) is 1.45. The SMILES string of the molecule is CCC(CC(=O)O)NC(=O)Nc1cccc(F)c1F. The molecule has 0 saturated heterocycles. The number of carboxylic acid groups (broad SMARTS) is 1. The second kappa shape index (κ2) is 6.67. The minimum Gasteiger partial charge on any atom is -0.481 e. The lowest BCUT2D eigenvalue weighted by molar-refractivity contribution is -0.137. The van der Waals surface area contributed by atoms with Crippen LogP contribution in [-0.4, -0.2) is 23.1 Å². The quantitative estimate of drug-likeness (QED) is 0.769. The Balaban J connectivity index is 2.64. The molecule has 1 aromatic carbocycles. The van der Waals surface area contributed by atoms with Gasteiger partial charge in [0.1, 0.15) is 0 Å². The molecule has 3 N–H and O–H groups in total. The van der Waals surface area contributed by atoms with E-state index in [0.717, 1.165) is 6.07 Å². The third-order valence-corrected chi connectivity index (χ3v) is 2.45. The number of halogens is 2. The number of hydrogen-bond donors (Lipinski definition) is 3. The second-order valence-corrected chi connectivity index (χ2v) is 3.90. The number of nitrogens with one attached hydrogen (secondary N) is 2. The summed E-state index contributed by atoms with van der Waals surface area (Å²) in [5.41, 5.74) is -0.303. The van der Waals surface area contributed by atoms with Gasteiger partial charge in [0.15, 0.2) is 11.6 Å². The number of amides is 2. The predicted octanol–water partition coefficient (Wildman–Crippen LogP) is 2.34. The lowest BCUT2D eigenvalue weighted by atomic mass is 10.1. The van der Waals surface area contributed by atoms with Crippen molar-refractivity contribution < 1.29 is 23.5 Å². The molecule has 5 nitrogen and oxygen atoms in total. The van der Waals surface area contributed by atoms with Gasteiger partial charge in [-0.3, -0.25) is 4.79 Å². The van der Waals surface area contributed by atoms with Gasteiger partial charge in [-0.15, -0.1) is 0 Å². The van der Waals surface area contributed by atoms with Gasteiger partial charge in [0.2, 0.25) is 0 Å². The first-order valence-corrected chi connectivity index (χ1v) is 5.67. The van der Waals surface area contributed by atoms with Crippen molar-refractivity contribution in [3.8, 4) is 0 Å². The molecule has 0 aliphatic carbocycles. The number of carbonyl (C=O) groups is 2. The van der Waals surface area contributed by atoms with E-state index >= 15 is 0 Å². The Morgan fingerprint density at radius 1 is 1.37 bits per heavy atom. The van der Waals surface area contributed by atoms with Gasteiger partial charge in [0.05, 0.1) is 12.1 Å². The molecule has 1 unspecified atom stereocenters. The molecular formula is C12H14F2N2O3. The maximum Gasteiger partial charge on any atom is 0.319 e. The second-order valence-electron chi connectivity index (χ2n) is 3.90. The van der Waals surface area contributed by atoms with Crippen LogP contribution in [0.5, 0.6) is 0 Å². The lowest BCUT2D eigenvalue weighted by Crippen LogP contribution is -2.39. The Morgan fingerprint density at radius 3 is 2.63 bits per heavy atom. The van der Waals surface area contributed by atoms with Crippen molar-refractivity contribution in [3.63, 3.8) is 0 Å². The molecule has 7 heteroatoms. The Labute approximate surface area is 108 Å². The average Bonchev–Trinajstić information content (AvgIpc) is 2.33. The van der Waals surface area contributed by atoms with E-state index in [0.29, 0.717) is 6.42 Å². The van der Waals surface area contributed by atoms with Gasteiger partial charge < -0.3 is 15.7 Å². The maximum absolute atomic E-state index is 13.3. The van der Waals surface area contributed by atoms with Crippen molar-refractivity contribution in [1.82, 2.24) is 5.32 Å². The van der Waals surface area contributed by atoms with E-state index in [2.05, 4.69) is 10.6 Å². The highest BCUT2D eigenvalue weighted by Gasteiger charge is 2.15. The van der Waals surface area contributed by atoms with Gasteiger partial charge in [0.25, 0.3) is 0 Å². The van der Waals surface area contributed by atoms with Crippen LogP contribution in [0.1, 0.15) is 19.8 Å². The van der Waals surface area contributed by atoms with Crippen LogP contribution in [0.4, 0.5) is 19.3 Å². The summed E-state index contributed by atoms with van der Waals surface area (Å²) in [5, 5.41) is 13.1. The van der Waals surface area contributed by atoms with Gasteiger partial charge in [-0.25, -0.2) is 13.6 Å². The molecular weight excluding hydrogens is 258 g/mol. The Bertz CT molecular complexity index is 480. The Morgan fingerprint density at radius 2 is 2.05 bits per heavy atom. The smallest absolute Gasteiger partial charge is 0.319 e. The number of carboxylic acids is 1. The molecule has 2 amide bonds. The minimum atomic E-state index is -1.16. The number of rotatable bonds is 5. The number of hydrogen-bond acceptors (Lipinski definition) is 2. The first-order valence-electron chi connectivity index (χ1n) is 5.67. The number of urea groups is 1. The number of aliphatic carboxylic acids is 1. The highest BCUT2D eigenvalue weighted by atomic mass is 19.2. The zero-order chi connectivity index (χ0) is 14.4. The summed E-state index contributed by atoms with van der Waals surface area (Å²) in [4.78, 5) is 22.0. The topological polar surface area (TPSA) is 78.4 Å². The highest BCUT2D eigenvalue weighted by Crippen LogP contribution is 2.16. The lowest BCUT2D eigenvalue weighted by Gasteiger charge is -2.15. The summed E-state index contributed by atoms with van der Waals surface area (Å²) in [6.45, 7) is 1.71. The van der Waals surface area contributed by atoms with Crippen LogP contribution in [0.25, 0.3) is 0 Å². The summed E-state index contributed by atoms with van der Waals surface area (Å²) >= 11 is 0. The van der Waals surface area contributed by atoms with E-state index in [9.17, 15) is 18.4 Å². The van der Waals surface area contributed by atoms with Crippen molar-refractivity contribution >= 4 is 17.7 Å². The summed E-state index contributed by atoms with van der Waals surface area (Å²) in [6.07, 6.45) is 0.168. The fraction of sp³-hybridized carbons (Fsp3) is 0.333. The predicted molar refractivity (Wildman–Crippen MR) is 64.8 cm³/mol. The van der Waals surface area contributed by atoms with E-state index in [1.165, 1.54) is 12.1 Å². The Kier molecular flexibility index (Phi) is 5.23. The van der Waals surface area contributed by atoms with Crippen LogP contribution in [-0.2, 0) is 4.79 Å². The van der Waals surface area contributed by atoms with Crippen molar-refractivity contribution in [2.45, 2.75) is 25.8 Å². The van der Waals surface area contributed by atoms with Crippen LogP contribution >= 0.6 is 0 Å². The molecule has 0 aliphatic rings. The summed E-state index contributed by atoms with van der Waals surface area (Å²) < 4.78 is 26.2. The standard InChI is InChI=1S/C12H14F2N2O3/c1-2-7(6-10(17)18)15-12(19)16-9-5-3-4-8(13)11(9)14/h3-5,7H,2,6H2,1H3,(H,17,18)(H2,15,16,19). The van der Waals surface area contributed by atoms with Crippen LogP contribution in [0.3, 0.4) is 0 Å². The van der Waals surface area contributed by atoms with Crippen molar-refractivity contribution in [2.24, 2.45) is 0 Å². The molecule has 0 bridgehead atoms. The molecule has 0 aliphatic heterocycles. The van der Waals surface area contributed by atoms with Crippen LogP contribution in [0.15, 0.2) is 18.2 Å². The molecule has 0 fully saturated rings. The third kappa shape index (κ3) is 4.53. The summed E-state index contributed by atoms with van der Waals surface area (Å²) in [6, 6.07) is 2.03. The number of carbonyl (C=O) groups excluding carboxylic acids is 1. The first-order chi connectivity index (χ1) is 8.93. The van der Waals surface area contributed by atoms with Crippen molar-refractivity contribution in [1.29, 1.82) is 0 Å². The van der Waals surface area contributed by atoms with Crippen molar-refractivity contribution in [2.75, 3.05) is 5.32 Å². The van der Waals surface area contributed by atoms with E-state index in [4.69, 9.17) is 5.11 Å². The maximum atomic E-state index is 13.3. The molecule has 0 radical (unpaired) electrons. The molecule has 1 atom stereocenters. The molecule has 0 heterocycles. The van der Waals surface area contributed by atoms with E-state index in [-0.39, 0.29) is 12.1 Å². The molecule has 19 heavy (non-hydrogen) atoms. The van der Waals surface area contributed by atoms with Crippen LogP contribution < -0.4 is 10.6 Å². The van der Waals surface area contributed by atoms with Crippen LogP contribution in [0, 0.1) is 11.6 Å². The zero-order valence-electron chi connectivity index (χ0n) is 10.2. The Hall–Kier alpha value is -2.18.